The monoisotopic (exact) mass is 455 g/mol. The van der Waals surface area contributed by atoms with Crippen LogP contribution in [0.25, 0.3) is 0 Å². The molecule has 2 heterocycles. The van der Waals surface area contributed by atoms with Crippen molar-refractivity contribution in [1.29, 1.82) is 0 Å². The predicted octanol–water partition coefficient (Wildman–Crippen LogP) is 2.39. The minimum atomic E-state index is -4.40. The first-order valence-corrected chi connectivity index (χ1v) is 10.7. The number of imide groups is 1. The summed E-state index contributed by atoms with van der Waals surface area (Å²) in [6, 6.07) is 3.99. The van der Waals surface area contributed by atoms with Crippen LogP contribution in [-0.2, 0) is 10.2 Å². The molecule has 1 spiro atoms. The molecule has 2 aliphatic heterocycles. The molecule has 32 heavy (non-hydrogen) atoms. The number of carbonyl (C=O) groups excluding carboxylic acids is 2. The lowest BCUT2D eigenvalue weighted by molar-refractivity contribution is -0.202. The second kappa shape index (κ2) is 7.34. The fourth-order valence-electron chi connectivity index (χ4n) is 6.13. The summed E-state index contributed by atoms with van der Waals surface area (Å²) in [6.07, 6.45) is -3.91. The number of nitrogens with zero attached hydrogens (tertiary/aromatic N) is 1. The zero-order chi connectivity index (χ0) is 23.5. The van der Waals surface area contributed by atoms with Crippen molar-refractivity contribution in [2.75, 3.05) is 20.2 Å². The Hall–Kier alpha value is -2.33. The molecule has 3 aliphatic rings. The maximum absolute atomic E-state index is 13.2. The Labute approximate surface area is 184 Å². The van der Waals surface area contributed by atoms with E-state index in [0.29, 0.717) is 5.75 Å². The van der Waals surface area contributed by atoms with E-state index in [1.807, 2.05) is 13.0 Å². The van der Waals surface area contributed by atoms with Crippen LogP contribution in [0.2, 0.25) is 0 Å². The van der Waals surface area contributed by atoms with Crippen LogP contribution in [-0.4, -0.2) is 65.5 Å². The number of likely N-dealkylation sites (tertiary alicyclic amines) is 1. The van der Waals surface area contributed by atoms with Crippen molar-refractivity contribution in [3.63, 3.8) is 0 Å². The maximum Gasteiger partial charge on any atom is 0.401 e. The molecule has 4 rings (SSSR count). The Morgan fingerprint density at radius 1 is 1.25 bits per heavy atom. The number of piperidine rings is 1. The van der Waals surface area contributed by atoms with Gasteiger partial charge in [0.15, 0.2) is 0 Å². The van der Waals surface area contributed by atoms with E-state index in [-0.39, 0.29) is 32.2 Å². The Bertz CT molecular complexity index is 955. The van der Waals surface area contributed by atoms with Gasteiger partial charge in [-0.05, 0) is 69.3 Å². The number of rotatable bonds is 3. The Kier molecular flexibility index (Phi) is 5.24. The van der Waals surface area contributed by atoms with Gasteiger partial charge in [-0.3, -0.25) is 15.0 Å². The molecule has 2 saturated heterocycles. The van der Waals surface area contributed by atoms with Gasteiger partial charge in [-0.1, -0.05) is 6.07 Å². The van der Waals surface area contributed by atoms with Crippen LogP contribution in [0.5, 0.6) is 5.75 Å². The molecule has 3 amide bonds. The quantitative estimate of drug-likeness (QED) is 0.609. The van der Waals surface area contributed by atoms with Crippen molar-refractivity contribution >= 4 is 11.9 Å². The van der Waals surface area contributed by atoms with E-state index in [9.17, 15) is 27.9 Å². The van der Waals surface area contributed by atoms with Crippen LogP contribution in [0.4, 0.5) is 18.0 Å². The number of fused-ring (bicyclic) bond motifs is 1. The van der Waals surface area contributed by atoms with Crippen LogP contribution in [0.1, 0.15) is 43.7 Å². The number of ether oxygens (including phenoxy) is 1. The van der Waals surface area contributed by atoms with Crippen LogP contribution in [0.15, 0.2) is 18.2 Å². The molecule has 3 fully saturated rings. The molecule has 1 aliphatic carbocycles. The summed E-state index contributed by atoms with van der Waals surface area (Å²) in [5.74, 6) is 0.0853. The van der Waals surface area contributed by atoms with Crippen molar-refractivity contribution in [3.05, 3.63) is 29.3 Å². The zero-order valence-electron chi connectivity index (χ0n) is 18.3. The summed E-state index contributed by atoms with van der Waals surface area (Å²) >= 11 is 0. The fourth-order valence-corrected chi connectivity index (χ4v) is 6.13. The Balaban J connectivity index is 1.86. The molecule has 0 aromatic heterocycles. The summed E-state index contributed by atoms with van der Waals surface area (Å²) in [4.78, 5) is 26.0. The number of carbonyl (C=O) groups is 2. The first-order valence-electron chi connectivity index (χ1n) is 10.7. The molecule has 10 heteroatoms. The SMILES string of the molecule is COc1ccc(C)c([C@]23CCN(CC(F)(F)F)[C@H](C)[C@]2(O)CC[C@@]2(C3)NC(=O)NC2=O)c1. The number of hydrogen-bond acceptors (Lipinski definition) is 5. The number of urea groups is 1. The highest BCUT2D eigenvalue weighted by Gasteiger charge is 2.67. The number of nitrogens with one attached hydrogen (secondary N) is 2. The molecule has 3 N–H and O–H groups in total. The normalized spacial score (nSPS) is 35.4. The van der Waals surface area contributed by atoms with Crippen LogP contribution in [0, 0.1) is 6.92 Å². The third-order valence-corrected chi connectivity index (χ3v) is 7.79. The van der Waals surface area contributed by atoms with E-state index in [2.05, 4.69) is 10.6 Å². The standard InChI is InChI=1S/C22H28F3N3O4/c1-13-4-5-15(32-3)10-16(13)19-8-9-28(12-22(23,24)25)14(2)21(19,31)7-6-20(11-19)17(29)26-18(30)27-20/h4-5,10,14,31H,6-9,11-12H2,1-3H3,(H2,26,27,29,30)/t14-,19-,20+,21-/m1/s1. The largest absolute Gasteiger partial charge is 0.497 e. The molecule has 7 nitrogen and oxygen atoms in total. The fraction of sp³-hybridized carbons (Fsp3) is 0.636. The molecule has 0 bridgehead atoms. The summed E-state index contributed by atoms with van der Waals surface area (Å²) in [6.45, 7) is 2.45. The van der Waals surface area contributed by atoms with Crippen molar-refractivity contribution in [1.82, 2.24) is 15.5 Å². The lowest BCUT2D eigenvalue weighted by Gasteiger charge is -2.62. The van der Waals surface area contributed by atoms with Crippen LogP contribution in [0.3, 0.4) is 0 Å². The van der Waals surface area contributed by atoms with Gasteiger partial charge in [0.2, 0.25) is 0 Å². The highest BCUT2D eigenvalue weighted by molar-refractivity contribution is 6.07. The number of aryl methyl sites for hydroxylation is 1. The smallest absolute Gasteiger partial charge is 0.401 e. The molecule has 1 saturated carbocycles. The minimum absolute atomic E-state index is 0.0624. The predicted molar refractivity (Wildman–Crippen MR) is 109 cm³/mol. The highest BCUT2D eigenvalue weighted by Crippen LogP contribution is 2.58. The van der Waals surface area contributed by atoms with E-state index < -0.39 is 47.3 Å². The van der Waals surface area contributed by atoms with Gasteiger partial charge in [-0.15, -0.1) is 0 Å². The summed E-state index contributed by atoms with van der Waals surface area (Å²) in [7, 11) is 1.51. The molecule has 176 valence electrons. The van der Waals surface area contributed by atoms with E-state index in [1.54, 1.807) is 19.1 Å². The third-order valence-electron chi connectivity index (χ3n) is 7.79. The van der Waals surface area contributed by atoms with Crippen molar-refractivity contribution in [2.24, 2.45) is 0 Å². The van der Waals surface area contributed by atoms with E-state index in [4.69, 9.17) is 4.74 Å². The van der Waals surface area contributed by atoms with Gasteiger partial charge in [0.05, 0.1) is 19.3 Å². The molecular weight excluding hydrogens is 427 g/mol. The maximum atomic E-state index is 13.2. The number of alkyl halides is 3. The molecule has 1 aromatic carbocycles. The summed E-state index contributed by atoms with van der Waals surface area (Å²) in [5, 5.41) is 17.1. The highest BCUT2D eigenvalue weighted by atomic mass is 19.4. The summed E-state index contributed by atoms with van der Waals surface area (Å²) < 4.78 is 45.1. The van der Waals surface area contributed by atoms with Gasteiger partial charge in [0.25, 0.3) is 5.91 Å². The number of halogens is 3. The van der Waals surface area contributed by atoms with Gasteiger partial charge in [-0.2, -0.15) is 13.2 Å². The lowest BCUT2D eigenvalue weighted by Crippen LogP contribution is -2.74. The second-order valence-electron chi connectivity index (χ2n) is 9.37. The molecule has 1 aromatic rings. The topological polar surface area (TPSA) is 90.9 Å². The molecule has 0 radical (unpaired) electrons. The van der Waals surface area contributed by atoms with Gasteiger partial charge < -0.3 is 15.2 Å². The van der Waals surface area contributed by atoms with Crippen LogP contribution >= 0.6 is 0 Å². The van der Waals surface area contributed by atoms with Gasteiger partial charge in [0.1, 0.15) is 11.3 Å². The average molecular weight is 455 g/mol. The number of benzene rings is 1. The van der Waals surface area contributed by atoms with Gasteiger partial charge in [0, 0.05) is 11.5 Å². The lowest BCUT2D eigenvalue weighted by atomic mass is 9.49. The number of amides is 3. The summed E-state index contributed by atoms with van der Waals surface area (Å²) in [5.41, 5.74) is -2.26. The van der Waals surface area contributed by atoms with Gasteiger partial charge in [-0.25, -0.2) is 4.79 Å². The van der Waals surface area contributed by atoms with E-state index in [1.165, 1.54) is 12.0 Å². The second-order valence-corrected chi connectivity index (χ2v) is 9.37. The number of hydrogen-bond donors (Lipinski definition) is 3. The van der Waals surface area contributed by atoms with Crippen molar-refractivity contribution in [3.8, 4) is 5.75 Å². The molecular formula is C22H28F3N3O4. The number of aliphatic hydroxyl groups is 1. The van der Waals surface area contributed by atoms with Crippen molar-refractivity contribution in [2.45, 2.75) is 68.3 Å². The van der Waals surface area contributed by atoms with E-state index in [0.717, 1.165) is 11.1 Å². The zero-order valence-corrected chi connectivity index (χ0v) is 18.3. The Morgan fingerprint density at radius 2 is 1.97 bits per heavy atom. The Morgan fingerprint density at radius 3 is 2.56 bits per heavy atom. The minimum Gasteiger partial charge on any atom is -0.497 e. The third kappa shape index (κ3) is 3.35. The first-order chi connectivity index (χ1) is 14.9. The van der Waals surface area contributed by atoms with E-state index >= 15 is 0 Å². The molecule has 4 atom stereocenters. The van der Waals surface area contributed by atoms with Gasteiger partial charge >= 0.3 is 12.2 Å². The number of methoxy groups -OCH3 is 1. The molecule has 0 unspecified atom stereocenters. The first kappa shape index (κ1) is 22.8. The average Bonchev–Trinajstić information content (AvgIpc) is 2.98. The van der Waals surface area contributed by atoms with Crippen LogP contribution < -0.4 is 15.4 Å². The van der Waals surface area contributed by atoms with Crippen molar-refractivity contribution < 1.29 is 32.6 Å².